The Morgan fingerprint density at radius 1 is 1.03 bits per heavy atom. The summed E-state index contributed by atoms with van der Waals surface area (Å²) < 4.78 is 10.5. The number of anilines is 1. The van der Waals surface area contributed by atoms with Gasteiger partial charge >= 0.3 is 0 Å². The molecule has 1 aliphatic heterocycles. The number of piperazine rings is 1. The van der Waals surface area contributed by atoms with Crippen LogP contribution in [0.25, 0.3) is 0 Å². The summed E-state index contributed by atoms with van der Waals surface area (Å²) in [6, 6.07) is 15.9. The Morgan fingerprint density at radius 3 is 2.45 bits per heavy atom. The van der Waals surface area contributed by atoms with Crippen molar-refractivity contribution in [2.24, 2.45) is 5.10 Å². The van der Waals surface area contributed by atoms with Gasteiger partial charge in [-0.15, -0.1) is 0 Å². The van der Waals surface area contributed by atoms with Gasteiger partial charge in [0.15, 0.2) is 11.5 Å². The molecule has 1 amide bonds. The maximum Gasteiger partial charge on any atom is 0.241 e. The zero-order valence-corrected chi connectivity index (χ0v) is 17.0. The second-order valence-electron chi connectivity index (χ2n) is 6.82. The van der Waals surface area contributed by atoms with E-state index < -0.39 is 0 Å². The molecule has 154 valence electrons. The molecular weight excluding hydrogens is 368 g/mol. The molecule has 1 heterocycles. The van der Waals surface area contributed by atoms with Crippen molar-refractivity contribution in [1.82, 2.24) is 10.3 Å². The van der Waals surface area contributed by atoms with Gasteiger partial charge in [-0.3, -0.25) is 9.69 Å². The summed E-state index contributed by atoms with van der Waals surface area (Å²) >= 11 is 0. The lowest BCUT2D eigenvalue weighted by Crippen LogP contribution is -2.47. The molecule has 0 aromatic heterocycles. The molecule has 0 unspecified atom stereocenters. The molecule has 0 radical (unpaired) electrons. The molecule has 0 atom stereocenters. The fourth-order valence-corrected chi connectivity index (χ4v) is 3.30. The van der Waals surface area contributed by atoms with E-state index in [1.807, 2.05) is 12.1 Å². The van der Waals surface area contributed by atoms with Crippen molar-refractivity contribution in [1.29, 1.82) is 0 Å². The highest BCUT2D eigenvalue weighted by Gasteiger charge is 2.17. The molecule has 0 spiro atoms. The number of para-hydroxylation sites is 1. The Morgan fingerprint density at radius 2 is 1.76 bits per heavy atom. The third kappa shape index (κ3) is 5.96. The van der Waals surface area contributed by atoms with Gasteiger partial charge in [0.05, 0.1) is 20.4 Å². The van der Waals surface area contributed by atoms with Gasteiger partial charge in [0, 0.05) is 44.8 Å². The number of nitrogens with one attached hydrogen (secondary N) is 1. The van der Waals surface area contributed by atoms with Gasteiger partial charge in [0.25, 0.3) is 0 Å². The topological polar surface area (TPSA) is 66.4 Å². The van der Waals surface area contributed by atoms with Crippen LogP contribution < -0.4 is 19.8 Å². The molecule has 7 heteroatoms. The average molecular weight is 396 g/mol. The number of carbonyl (C=O) groups is 1. The first-order valence-electron chi connectivity index (χ1n) is 9.76. The minimum atomic E-state index is -0.0905. The number of nitrogens with zero attached hydrogens (tertiary/aromatic N) is 3. The van der Waals surface area contributed by atoms with Crippen LogP contribution >= 0.6 is 0 Å². The molecule has 0 aliphatic carbocycles. The van der Waals surface area contributed by atoms with E-state index >= 15 is 0 Å². The highest BCUT2D eigenvalue weighted by molar-refractivity contribution is 5.83. The van der Waals surface area contributed by atoms with Crippen LogP contribution in [-0.4, -0.2) is 64.0 Å². The molecule has 1 saturated heterocycles. The van der Waals surface area contributed by atoms with Crippen LogP contribution in [0, 0.1) is 0 Å². The lowest BCUT2D eigenvalue weighted by atomic mass is 10.2. The Bertz CT molecular complexity index is 818. The quantitative estimate of drug-likeness (QED) is 0.548. The molecule has 7 nitrogen and oxygen atoms in total. The second-order valence-corrected chi connectivity index (χ2v) is 6.82. The van der Waals surface area contributed by atoms with Crippen molar-refractivity contribution in [3.05, 3.63) is 54.1 Å². The number of hydrazone groups is 1. The summed E-state index contributed by atoms with van der Waals surface area (Å²) in [5.74, 6) is 1.19. The van der Waals surface area contributed by atoms with Crippen LogP contribution in [0.2, 0.25) is 0 Å². The molecular formula is C22H28N4O3. The van der Waals surface area contributed by atoms with Crippen LogP contribution in [0.1, 0.15) is 12.0 Å². The molecule has 1 fully saturated rings. The van der Waals surface area contributed by atoms with E-state index in [9.17, 15) is 4.79 Å². The molecule has 0 saturated carbocycles. The van der Waals surface area contributed by atoms with Crippen LogP contribution in [-0.2, 0) is 4.79 Å². The fourth-order valence-electron chi connectivity index (χ4n) is 3.30. The Labute approximate surface area is 171 Å². The van der Waals surface area contributed by atoms with Crippen LogP contribution in [0.3, 0.4) is 0 Å². The summed E-state index contributed by atoms with van der Waals surface area (Å²) in [5, 5.41) is 4.04. The van der Waals surface area contributed by atoms with Crippen molar-refractivity contribution in [3.8, 4) is 11.5 Å². The van der Waals surface area contributed by atoms with Gasteiger partial charge in [-0.1, -0.05) is 18.2 Å². The zero-order valence-electron chi connectivity index (χ0n) is 17.0. The maximum atomic E-state index is 12.1. The average Bonchev–Trinajstić information content (AvgIpc) is 2.78. The van der Waals surface area contributed by atoms with E-state index in [0.29, 0.717) is 17.9 Å². The summed E-state index contributed by atoms with van der Waals surface area (Å²) in [6.07, 6.45) is 2.02. The Kier molecular flexibility index (Phi) is 7.47. The number of carbonyl (C=O) groups excluding carboxylic acids is 1. The third-order valence-electron chi connectivity index (χ3n) is 4.96. The summed E-state index contributed by atoms with van der Waals surface area (Å²) in [7, 11) is 3.17. The number of hydrogen-bond donors (Lipinski definition) is 1. The van der Waals surface area contributed by atoms with E-state index in [4.69, 9.17) is 9.47 Å². The molecule has 2 aromatic carbocycles. The van der Waals surface area contributed by atoms with Crippen LogP contribution in [0.4, 0.5) is 5.69 Å². The number of amides is 1. The van der Waals surface area contributed by atoms with E-state index in [-0.39, 0.29) is 5.91 Å². The molecule has 3 rings (SSSR count). The predicted octanol–water partition coefficient (Wildman–Crippen LogP) is 2.37. The smallest absolute Gasteiger partial charge is 0.241 e. The molecule has 1 N–H and O–H groups in total. The molecule has 2 aromatic rings. The number of rotatable bonds is 8. The number of hydrogen-bond acceptors (Lipinski definition) is 6. The van der Waals surface area contributed by atoms with Crippen LogP contribution in [0.15, 0.2) is 53.6 Å². The van der Waals surface area contributed by atoms with E-state index in [2.05, 4.69) is 44.6 Å². The number of ether oxygens (including phenoxy) is 2. The van der Waals surface area contributed by atoms with Crippen molar-refractivity contribution in [2.45, 2.75) is 6.42 Å². The normalized spacial score (nSPS) is 14.8. The van der Waals surface area contributed by atoms with Crippen molar-refractivity contribution in [2.75, 3.05) is 51.8 Å². The SMILES string of the molecule is COc1ccc(C=NNC(=O)CCN2CCN(c3ccccc3)CC2)cc1OC. The molecule has 29 heavy (non-hydrogen) atoms. The van der Waals surface area contributed by atoms with Gasteiger partial charge in [-0.05, 0) is 35.9 Å². The van der Waals surface area contributed by atoms with Gasteiger partial charge in [0.1, 0.15) is 0 Å². The van der Waals surface area contributed by atoms with E-state index in [1.54, 1.807) is 32.6 Å². The highest BCUT2D eigenvalue weighted by Crippen LogP contribution is 2.26. The first-order chi connectivity index (χ1) is 14.2. The lowest BCUT2D eigenvalue weighted by Gasteiger charge is -2.36. The Balaban J connectivity index is 1.39. The predicted molar refractivity (Wildman–Crippen MR) is 115 cm³/mol. The molecule has 1 aliphatic rings. The summed E-state index contributed by atoms with van der Waals surface area (Å²) in [4.78, 5) is 16.8. The Hall–Kier alpha value is -3.06. The number of benzene rings is 2. The van der Waals surface area contributed by atoms with Gasteiger partial charge in [0.2, 0.25) is 5.91 Å². The van der Waals surface area contributed by atoms with Gasteiger partial charge in [-0.2, -0.15) is 5.10 Å². The van der Waals surface area contributed by atoms with E-state index in [1.165, 1.54) is 5.69 Å². The zero-order chi connectivity index (χ0) is 20.5. The monoisotopic (exact) mass is 396 g/mol. The van der Waals surface area contributed by atoms with E-state index in [0.717, 1.165) is 38.3 Å². The first-order valence-corrected chi connectivity index (χ1v) is 9.76. The summed E-state index contributed by atoms with van der Waals surface area (Å²) in [5.41, 5.74) is 4.67. The largest absolute Gasteiger partial charge is 0.493 e. The highest BCUT2D eigenvalue weighted by atomic mass is 16.5. The minimum absolute atomic E-state index is 0.0905. The fraction of sp³-hybridized carbons (Fsp3) is 0.364. The van der Waals surface area contributed by atoms with Gasteiger partial charge < -0.3 is 14.4 Å². The van der Waals surface area contributed by atoms with Crippen molar-refractivity contribution in [3.63, 3.8) is 0 Å². The number of methoxy groups -OCH3 is 2. The standard InChI is InChI=1S/C22H28N4O3/c1-28-20-9-8-18(16-21(20)29-2)17-23-24-22(27)10-11-25-12-14-26(15-13-25)19-6-4-3-5-7-19/h3-9,16-17H,10-15H2,1-2H3,(H,24,27). The third-order valence-corrected chi connectivity index (χ3v) is 4.96. The van der Waals surface area contributed by atoms with Gasteiger partial charge in [-0.25, -0.2) is 5.43 Å². The lowest BCUT2D eigenvalue weighted by molar-refractivity contribution is -0.121. The maximum absolute atomic E-state index is 12.1. The van der Waals surface area contributed by atoms with Crippen molar-refractivity contribution >= 4 is 17.8 Å². The van der Waals surface area contributed by atoms with Crippen LogP contribution in [0.5, 0.6) is 11.5 Å². The summed E-state index contributed by atoms with van der Waals surface area (Å²) in [6.45, 7) is 4.60. The van der Waals surface area contributed by atoms with Crippen molar-refractivity contribution < 1.29 is 14.3 Å². The first kappa shape index (κ1) is 20.7. The molecule has 0 bridgehead atoms. The second kappa shape index (κ2) is 10.5. The minimum Gasteiger partial charge on any atom is -0.493 e.